The zero-order chi connectivity index (χ0) is 41.2. The number of hydrogen-bond acceptors (Lipinski definition) is 5. The Kier molecular flexibility index (Phi) is 7.02. The highest BCUT2D eigenvalue weighted by molar-refractivity contribution is 6.23. The van der Waals surface area contributed by atoms with Crippen molar-refractivity contribution >= 4 is 98.0 Å². The van der Waals surface area contributed by atoms with Crippen LogP contribution in [0.25, 0.3) is 138 Å². The van der Waals surface area contributed by atoms with E-state index >= 15 is 0 Å². The third-order valence-electron chi connectivity index (χ3n) is 12.8. The molecule has 0 radical (unpaired) electrons. The highest BCUT2D eigenvalue weighted by Gasteiger charge is 2.22. The molecule has 6 nitrogen and oxygen atoms in total. The van der Waals surface area contributed by atoms with Crippen LogP contribution in [0.1, 0.15) is 0 Å². The molecule has 0 aliphatic heterocycles. The summed E-state index contributed by atoms with van der Waals surface area (Å²) in [6, 6.07) is 68.2. The number of aromatic nitrogens is 4. The number of fused-ring (bicyclic) bond motifs is 13. The lowest BCUT2D eigenvalue weighted by Crippen LogP contribution is -2.01. The van der Waals surface area contributed by atoms with Gasteiger partial charge in [0.2, 0.25) is 0 Å². The van der Waals surface area contributed by atoms with Crippen molar-refractivity contribution < 1.29 is 8.83 Å². The summed E-state index contributed by atoms with van der Waals surface area (Å²) in [5.74, 6) is 1.71. The smallest absolute Gasteiger partial charge is 0.164 e. The van der Waals surface area contributed by atoms with Crippen LogP contribution in [0.4, 0.5) is 0 Å². The van der Waals surface area contributed by atoms with Crippen LogP contribution in [0, 0.1) is 0 Å². The minimum atomic E-state index is 0.555. The molecule has 0 aliphatic rings. The zero-order valence-electron chi connectivity index (χ0n) is 33.6. The fourth-order valence-electron chi connectivity index (χ4n) is 9.82. The second-order valence-electron chi connectivity index (χ2n) is 16.4. The van der Waals surface area contributed by atoms with E-state index in [0.717, 1.165) is 88.1 Å². The maximum Gasteiger partial charge on any atom is 0.164 e. The lowest BCUT2D eigenvalue weighted by atomic mass is 9.97. The molecule has 14 rings (SSSR count). The van der Waals surface area contributed by atoms with Crippen LogP contribution in [-0.2, 0) is 0 Å². The summed E-state index contributed by atoms with van der Waals surface area (Å²) in [7, 11) is 0. The molecule has 10 aromatic carbocycles. The van der Waals surface area contributed by atoms with Gasteiger partial charge < -0.3 is 13.4 Å². The SMILES string of the molecule is c1ccc(-c2nc(-c3ccc4oc5ccccc5c4c3)nc(-c3cc4oc5ccccc5c4c4ccc(-n5c6cc7ccccc7cc6c6cc7ccccc7cc65)cc34)n2)cc1. The van der Waals surface area contributed by atoms with Gasteiger partial charge in [0.25, 0.3) is 0 Å². The van der Waals surface area contributed by atoms with Gasteiger partial charge in [-0.1, -0.05) is 121 Å². The number of nitrogens with zero attached hydrogens (tertiary/aromatic N) is 4. The monoisotopic (exact) mass is 804 g/mol. The van der Waals surface area contributed by atoms with Crippen LogP contribution in [0.15, 0.2) is 203 Å². The molecule has 4 aromatic heterocycles. The first-order valence-corrected chi connectivity index (χ1v) is 21.2. The van der Waals surface area contributed by atoms with Crippen molar-refractivity contribution in [3.05, 3.63) is 194 Å². The van der Waals surface area contributed by atoms with Crippen molar-refractivity contribution in [1.82, 2.24) is 19.5 Å². The Hall–Kier alpha value is -8.61. The van der Waals surface area contributed by atoms with E-state index in [2.05, 4.69) is 126 Å². The van der Waals surface area contributed by atoms with Crippen LogP contribution >= 0.6 is 0 Å². The molecule has 0 amide bonds. The van der Waals surface area contributed by atoms with Gasteiger partial charge >= 0.3 is 0 Å². The van der Waals surface area contributed by atoms with Gasteiger partial charge in [0.1, 0.15) is 22.3 Å². The molecule has 0 atom stereocenters. The molecular weight excluding hydrogens is 773 g/mol. The molecule has 14 aromatic rings. The topological polar surface area (TPSA) is 69.9 Å². The average molecular weight is 805 g/mol. The summed E-state index contributed by atoms with van der Waals surface area (Å²) in [5.41, 5.74) is 9.22. The fraction of sp³-hybridized carbons (Fsp3) is 0. The molecular formula is C57H32N4O2. The van der Waals surface area contributed by atoms with E-state index in [9.17, 15) is 0 Å². The number of hydrogen-bond donors (Lipinski definition) is 0. The average Bonchev–Trinajstić information content (AvgIpc) is 4.01. The number of furan rings is 2. The van der Waals surface area contributed by atoms with Crippen LogP contribution in [0.5, 0.6) is 0 Å². The standard InChI is InChI=1S/C57H32N4O2/c1-2-12-33(13-3-1)55-58-56(38-22-25-52-46(28-38)40-18-8-10-20-50(40)62-52)60-57(59-55)47-32-53-54(42-19-9-11-21-51(42)63-53)41-24-23-39(31-43(41)47)61-48-29-36-16-6-4-14-34(36)26-44(48)45-27-35-15-5-7-17-37(35)30-49(45)61/h1-32H. The third-order valence-corrected chi connectivity index (χ3v) is 12.8. The van der Waals surface area contributed by atoms with Crippen molar-refractivity contribution in [2.24, 2.45) is 0 Å². The van der Waals surface area contributed by atoms with E-state index in [4.69, 9.17) is 23.8 Å². The number of rotatable bonds is 4. The van der Waals surface area contributed by atoms with Crippen molar-refractivity contribution in [1.29, 1.82) is 0 Å². The molecule has 0 saturated carbocycles. The maximum absolute atomic E-state index is 6.65. The second-order valence-corrected chi connectivity index (χ2v) is 16.4. The quantitative estimate of drug-likeness (QED) is 0.177. The van der Waals surface area contributed by atoms with E-state index in [-0.39, 0.29) is 0 Å². The summed E-state index contributed by atoms with van der Waals surface area (Å²) in [6.07, 6.45) is 0. The first-order valence-electron chi connectivity index (χ1n) is 21.2. The van der Waals surface area contributed by atoms with Gasteiger partial charge in [-0.25, -0.2) is 15.0 Å². The Morgan fingerprint density at radius 2 is 0.873 bits per heavy atom. The van der Waals surface area contributed by atoms with E-state index in [1.54, 1.807) is 0 Å². The lowest BCUT2D eigenvalue weighted by molar-refractivity contribution is 0.668. The number of benzene rings is 10. The Morgan fingerprint density at radius 1 is 0.317 bits per heavy atom. The van der Waals surface area contributed by atoms with Crippen LogP contribution < -0.4 is 0 Å². The summed E-state index contributed by atoms with van der Waals surface area (Å²) in [4.78, 5) is 15.8. The van der Waals surface area contributed by atoms with Crippen molar-refractivity contribution in [2.75, 3.05) is 0 Å². The van der Waals surface area contributed by atoms with E-state index < -0.39 is 0 Å². The zero-order valence-corrected chi connectivity index (χ0v) is 33.6. The Morgan fingerprint density at radius 3 is 1.59 bits per heavy atom. The summed E-state index contributed by atoms with van der Waals surface area (Å²) >= 11 is 0. The first-order chi connectivity index (χ1) is 31.2. The highest BCUT2D eigenvalue weighted by atomic mass is 16.3. The summed E-state index contributed by atoms with van der Waals surface area (Å²) < 4.78 is 15.3. The molecule has 0 aliphatic carbocycles. The van der Waals surface area contributed by atoms with E-state index in [0.29, 0.717) is 17.5 Å². The minimum Gasteiger partial charge on any atom is -0.456 e. The molecule has 63 heavy (non-hydrogen) atoms. The summed E-state index contributed by atoms with van der Waals surface area (Å²) in [6.45, 7) is 0. The van der Waals surface area contributed by atoms with E-state index in [1.165, 1.54) is 32.3 Å². The van der Waals surface area contributed by atoms with Crippen LogP contribution in [0.2, 0.25) is 0 Å². The van der Waals surface area contributed by atoms with Crippen LogP contribution in [0.3, 0.4) is 0 Å². The molecule has 6 heteroatoms. The minimum absolute atomic E-state index is 0.555. The molecule has 4 heterocycles. The van der Waals surface area contributed by atoms with Crippen molar-refractivity contribution in [3.8, 4) is 39.9 Å². The van der Waals surface area contributed by atoms with E-state index in [1.807, 2.05) is 72.8 Å². The molecule has 0 N–H and O–H groups in total. The number of para-hydroxylation sites is 2. The summed E-state index contributed by atoms with van der Waals surface area (Å²) in [5, 5.41) is 13.5. The van der Waals surface area contributed by atoms with Gasteiger partial charge in [-0.2, -0.15) is 0 Å². The Bertz CT molecular complexity index is 4120. The Labute approximate surface area is 358 Å². The Balaban J connectivity index is 1.08. The van der Waals surface area contributed by atoms with Gasteiger partial charge in [0.05, 0.1) is 11.0 Å². The van der Waals surface area contributed by atoms with Gasteiger partial charge in [0, 0.05) is 54.7 Å². The maximum atomic E-state index is 6.65. The first kappa shape index (κ1) is 34.1. The molecule has 0 unspecified atom stereocenters. The predicted molar refractivity (Wildman–Crippen MR) is 258 cm³/mol. The molecule has 292 valence electrons. The normalized spacial score (nSPS) is 12.1. The second kappa shape index (κ2) is 12.9. The predicted octanol–water partition coefficient (Wildman–Crippen LogP) is 15.2. The lowest BCUT2D eigenvalue weighted by Gasteiger charge is -2.14. The molecule has 0 spiro atoms. The molecule has 0 bridgehead atoms. The van der Waals surface area contributed by atoms with Crippen molar-refractivity contribution in [3.63, 3.8) is 0 Å². The van der Waals surface area contributed by atoms with Gasteiger partial charge in [-0.15, -0.1) is 0 Å². The highest BCUT2D eigenvalue weighted by Crippen LogP contribution is 2.43. The fourth-order valence-corrected chi connectivity index (χ4v) is 9.82. The third kappa shape index (κ3) is 5.15. The van der Waals surface area contributed by atoms with Gasteiger partial charge in [-0.05, 0) is 105 Å². The van der Waals surface area contributed by atoms with Gasteiger partial charge in [-0.3, -0.25) is 0 Å². The van der Waals surface area contributed by atoms with Crippen molar-refractivity contribution in [2.45, 2.75) is 0 Å². The largest absolute Gasteiger partial charge is 0.456 e. The molecule has 0 fully saturated rings. The van der Waals surface area contributed by atoms with Gasteiger partial charge in [0.15, 0.2) is 17.5 Å². The van der Waals surface area contributed by atoms with Crippen LogP contribution in [-0.4, -0.2) is 19.5 Å². The molecule has 0 saturated heterocycles.